The van der Waals surface area contributed by atoms with E-state index < -0.39 is 0 Å². The summed E-state index contributed by atoms with van der Waals surface area (Å²) in [5.41, 5.74) is 0. The van der Waals surface area contributed by atoms with E-state index in [-0.39, 0.29) is 11.8 Å². The third-order valence-corrected chi connectivity index (χ3v) is 1.49. The molecule has 1 aromatic rings. The van der Waals surface area contributed by atoms with E-state index in [2.05, 4.69) is 15.1 Å². The van der Waals surface area contributed by atoms with Gasteiger partial charge in [0.2, 0.25) is 5.82 Å². The second-order valence-electron chi connectivity index (χ2n) is 2.82. The minimum Gasteiger partial charge on any atom is -0.361 e. The molecule has 0 atom stereocenters. The van der Waals surface area contributed by atoms with Crippen molar-refractivity contribution >= 4 is 17.7 Å². The molecule has 1 aromatic heterocycles. The van der Waals surface area contributed by atoms with Gasteiger partial charge in [0.1, 0.15) is 0 Å². The lowest BCUT2D eigenvalue weighted by molar-refractivity contribution is 0.230. The van der Waals surface area contributed by atoms with Crippen molar-refractivity contribution in [3.63, 3.8) is 0 Å². The van der Waals surface area contributed by atoms with Crippen LogP contribution in [0.25, 0.3) is 4.85 Å². The maximum atomic E-state index is 11.2. The minimum atomic E-state index is -0.264. The summed E-state index contributed by atoms with van der Waals surface area (Å²) in [6.07, 6.45) is 0. The first kappa shape index (κ1) is 9.99. The van der Waals surface area contributed by atoms with Crippen LogP contribution in [0.3, 0.4) is 0 Å². The van der Waals surface area contributed by atoms with Gasteiger partial charge in [-0.3, -0.25) is 5.32 Å². The third-order valence-electron chi connectivity index (χ3n) is 1.49. The van der Waals surface area contributed by atoms with Crippen molar-refractivity contribution < 1.29 is 4.79 Å². The first-order valence-corrected chi connectivity index (χ1v) is 3.96. The van der Waals surface area contributed by atoms with Gasteiger partial charge < -0.3 is 9.74 Å². The molecule has 0 aliphatic heterocycles. The number of anilines is 1. The van der Waals surface area contributed by atoms with E-state index in [0.717, 1.165) is 0 Å². The monoisotopic (exact) mass is 190 g/mol. The molecule has 0 fully saturated rings. The highest BCUT2D eigenvalue weighted by molar-refractivity contribution is 5.88. The molecule has 5 nitrogen and oxygen atoms in total. The van der Waals surface area contributed by atoms with Gasteiger partial charge in [-0.05, 0) is 6.07 Å². The van der Waals surface area contributed by atoms with E-state index in [0.29, 0.717) is 5.82 Å². The van der Waals surface area contributed by atoms with Crippen molar-refractivity contribution in [3.8, 4) is 0 Å². The first-order chi connectivity index (χ1) is 6.63. The lowest BCUT2D eigenvalue weighted by atomic mass is 10.4. The lowest BCUT2D eigenvalue weighted by Crippen LogP contribution is -2.27. The van der Waals surface area contributed by atoms with E-state index in [1.807, 2.05) is 0 Å². The standard InChI is InChI=1S/C9H10N4O/c1-10-7-5-4-6-8(11-7)12-9(14)13(2)3/h4-6H,2-3H3,(H,11,12,14). The molecule has 0 spiro atoms. The summed E-state index contributed by atoms with van der Waals surface area (Å²) in [6, 6.07) is 4.62. The van der Waals surface area contributed by atoms with E-state index in [1.165, 1.54) is 4.90 Å². The number of pyridine rings is 1. The second kappa shape index (κ2) is 4.23. The van der Waals surface area contributed by atoms with Gasteiger partial charge in [-0.2, -0.15) is 0 Å². The average molecular weight is 190 g/mol. The molecule has 0 saturated carbocycles. The molecule has 0 aliphatic rings. The molecule has 72 valence electrons. The van der Waals surface area contributed by atoms with Crippen LogP contribution in [0.4, 0.5) is 16.4 Å². The number of carbonyl (C=O) groups is 1. The number of nitrogens with zero attached hydrogens (tertiary/aromatic N) is 3. The number of amides is 2. The zero-order chi connectivity index (χ0) is 10.6. The van der Waals surface area contributed by atoms with Crippen LogP contribution in [0.1, 0.15) is 0 Å². The smallest absolute Gasteiger partial charge is 0.324 e. The highest BCUT2D eigenvalue weighted by atomic mass is 16.2. The van der Waals surface area contributed by atoms with E-state index in [4.69, 9.17) is 6.57 Å². The van der Waals surface area contributed by atoms with Crippen LogP contribution in [0.15, 0.2) is 18.2 Å². The molecular formula is C9H10N4O. The molecule has 0 unspecified atom stereocenters. The van der Waals surface area contributed by atoms with Crippen molar-refractivity contribution in [3.05, 3.63) is 29.6 Å². The van der Waals surface area contributed by atoms with Crippen LogP contribution in [0.5, 0.6) is 0 Å². The number of nitrogens with one attached hydrogen (secondary N) is 1. The summed E-state index contributed by atoms with van der Waals surface area (Å²) in [6.45, 7) is 6.75. The van der Waals surface area contributed by atoms with Crippen LogP contribution in [0, 0.1) is 6.57 Å². The van der Waals surface area contributed by atoms with Gasteiger partial charge in [-0.15, -0.1) is 4.98 Å². The normalized spacial score (nSPS) is 8.93. The molecule has 0 saturated heterocycles. The van der Waals surface area contributed by atoms with Crippen molar-refractivity contribution in [2.45, 2.75) is 0 Å². The zero-order valence-corrected chi connectivity index (χ0v) is 7.98. The molecule has 14 heavy (non-hydrogen) atoms. The Kier molecular flexibility index (Phi) is 3.02. The highest BCUT2D eigenvalue weighted by Gasteiger charge is 2.07. The highest BCUT2D eigenvalue weighted by Crippen LogP contribution is 2.11. The molecule has 1 rings (SSSR count). The summed E-state index contributed by atoms with van der Waals surface area (Å²) in [7, 11) is 3.27. The molecule has 0 aromatic carbocycles. The lowest BCUT2D eigenvalue weighted by Gasteiger charge is -2.09. The zero-order valence-electron chi connectivity index (χ0n) is 7.98. The van der Waals surface area contributed by atoms with Gasteiger partial charge in [0, 0.05) is 20.2 Å². The van der Waals surface area contributed by atoms with Gasteiger partial charge in [-0.25, -0.2) is 4.79 Å². The predicted molar refractivity (Wildman–Crippen MR) is 53.2 cm³/mol. The van der Waals surface area contributed by atoms with Gasteiger partial charge in [0.15, 0.2) is 0 Å². The van der Waals surface area contributed by atoms with Crippen molar-refractivity contribution in [1.29, 1.82) is 0 Å². The number of rotatable bonds is 1. The Labute approximate surface area is 82.2 Å². The molecule has 0 radical (unpaired) electrons. The number of urea groups is 1. The Morgan fingerprint density at radius 3 is 2.86 bits per heavy atom. The van der Waals surface area contributed by atoms with Crippen LogP contribution in [0.2, 0.25) is 0 Å². The van der Waals surface area contributed by atoms with Gasteiger partial charge in [-0.1, -0.05) is 12.6 Å². The summed E-state index contributed by atoms with van der Waals surface area (Å²) in [5.74, 6) is 0.652. The van der Waals surface area contributed by atoms with Crippen LogP contribution < -0.4 is 5.32 Å². The van der Waals surface area contributed by atoms with Crippen molar-refractivity contribution in [1.82, 2.24) is 9.88 Å². The topological polar surface area (TPSA) is 49.6 Å². The molecule has 1 N–H and O–H groups in total. The van der Waals surface area contributed by atoms with Gasteiger partial charge in [0.05, 0.1) is 0 Å². The Balaban J connectivity index is 2.78. The van der Waals surface area contributed by atoms with E-state index >= 15 is 0 Å². The summed E-state index contributed by atoms with van der Waals surface area (Å²) in [4.78, 5) is 19.7. The maximum absolute atomic E-state index is 11.2. The molecule has 5 heteroatoms. The molecule has 0 bridgehead atoms. The fourth-order valence-corrected chi connectivity index (χ4v) is 0.777. The molecule has 0 aliphatic carbocycles. The fourth-order valence-electron chi connectivity index (χ4n) is 0.777. The minimum absolute atomic E-state index is 0.264. The quantitative estimate of drug-likeness (QED) is 0.685. The van der Waals surface area contributed by atoms with Crippen LogP contribution >= 0.6 is 0 Å². The number of hydrogen-bond donors (Lipinski definition) is 1. The third kappa shape index (κ3) is 2.45. The molecular weight excluding hydrogens is 180 g/mol. The number of aromatic nitrogens is 1. The molecule has 1 heterocycles. The number of hydrogen-bond acceptors (Lipinski definition) is 2. The summed E-state index contributed by atoms with van der Waals surface area (Å²) >= 11 is 0. The Morgan fingerprint density at radius 1 is 1.57 bits per heavy atom. The van der Waals surface area contributed by atoms with Crippen molar-refractivity contribution in [2.75, 3.05) is 19.4 Å². The Hall–Kier alpha value is -2.09. The van der Waals surface area contributed by atoms with Gasteiger partial charge in [0.25, 0.3) is 5.82 Å². The first-order valence-electron chi connectivity index (χ1n) is 3.96. The Morgan fingerprint density at radius 2 is 2.29 bits per heavy atom. The average Bonchev–Trinajstić information content (AvgIpc) is 2.18. The second-order valence-corrected chi connectivity index (χ2v) is 2.82. The predicted octanol–water partition coefficient (Wildman–Crippen LogP) is 1.73. The van der Waals surface area contributed by atoms with E-state index in [1.54, 1.807) is 32.3 Å². The van der Waals surface area contributed by atoms with Crippen molar-refractivity contribution in [2.24, 2.45) is 0 Å². The fraction of sp³-hybridized carbons (Fsp3) is 0.222. The van der Waals surface area contributed by atoms with Crippen LogP contribution in [-0.4, -0.2) is 30.0 Å². The summed E-state index contributed by atoms with van der Waals surface area (Å²) < 4.78 is 0. The number of carbonyl (C=O) groups excluding carboxylic acids is 1. The maximum Gasteiger partial charge on any atom is 0.324 e. The SMILES string of the molecule is [C-]#[N+]c1cccc(NC(=O)N(C)C)n1. The van der Waals surface area contributed by atoms with E-state index in [9.17, 15) is 4.79 Å². The van der Waals surface area contributed by atoms with Crippen LogP contribution in [-0.2, 0) is 0 Å². The molecule has 2 amide bonds. The Bertz CT molecular complexity index is 381. The largest absolute Gasteiger partial charge is 0.361 e. The summed E-state index contributed by atoms with van der Waals surface area (Å²) in [5, 5.41) is 2.55. The van der Waals surface area contributed by atoms with Gasteiger partial charge >= 0.3 is 6.03 Å².